The van der Waals surface area contributed by atoms with Crippen LogP contribution in [0.15, 0.2) is 42.7 Å². The van der Waals surface area contributed by atoms with Gasteiger partial charge >= 0.3 is 0 Å². The summed E-state index contributed by atoms with van der Waals surface area (Å²) >= 11 is 0. The third-order valence-corrected chi connectivity index (χ3v) is 5.00. The Hall–Kier alpha value is -2.14. The summed E-state index contributed by atoms with van der Waals surface area (Å²) in [6.45, 7) is 3.36. The van der Waals surface area contributed by atoms with Crippen molar-refractivity contribution in [3.8, 4) is 0 Å². The van der Waals surface area contributed by atoms with Crippen molar-refractivity contribution in [2.45, 2.75) is 31.5 Å². The molecule has 0 unspecified atom stereocenters. The molecule has 1 aromatic heterocycles. The van der Waals surface area contributed by atoms with Crippen molar-refractivity contribution in [2.24, 2.45) is 13.0 Å². The zero-order chi connectivity index (χ0) is 16.7. The van der Waals surface area contributed by atoms with Crippen LogP contribution in [0.5, 0.6) is 0 Å². The fraction of sp³-hybridized carbons (Fsp3) is 0.474. The molecule has 126 valence electrons. The van der Waals surface area contributed by atoms with Crippen LogP contribution in [-0.2, 0) is 16.6 Å². The van der Waals surface area contributed by atoms with Gasteiger partial charge in [0.1, 0.15) is 6.10 Å². The molecule has 1 saturated heterocycles. The maximum absolute atomic E-state index is 12.9. The van der Waals surface area contributed by atoms with Crippen LogP contribution in [0.1, 0.15) is 36.5 Å². The predicted octanol–water partition coefficient (Wildman–Crippen LogP) is 2.51. The second-order valence-electron chi connectivity index (χ2n) is 6.99. The molecule has 1 aromatic carbocycles. The summed E-state index contributed by atoms with van der Waals surface area (Å²) in [5.74, 6) is 0.704. The highest BCUT2D eigenvalue weighted by Gasteiger charge is 2.47. The van der Waals surface area contributed by atoms with E-state index in [1.807, 2.05) is 49.5 Å². The molecule has 2 aliphatic rings. The van der Waals surface area contributed by atoms with Gasteiger partial charge in [0.15, 0.2) is 0 Å². The monoisotopic (exact) mass is 325 g/mol. The van der Waals surface area contributed by atoms with Crippen LogP contribution in [0.2, 0.25) is 0 Å². The van der Waals surface area contributed by atoms with E-state index >= 15 is 0 Å². The lowest BCUT2D eigenvalue weighted by atomic mass is 10.1. The number of hydrogen-bond donors (Lipinski definition) is 0. The molecule has 0 radical (unpaired) electrons. The van der Waals surface area contributed by atoms with Crippen molar-refractivity contribution in [3.05, 3.63) is 53.9 Å². The van der Waals surface area contributed by atoms with Gasteiger partial charge in [-0.05, 0) is 30.4 Å². The van der Waals surface area contributed by atoms with E-state index in [1.165, 1.54) is 5.56 Å². The average Bonchev–Trinajstić information content (AvgIpc) is 3.28. The lowest BCUT2D eigenvalue weighted by Gasteiger charge is -2.37. The Bertz CT molecular complexity index is 727. The average molecular weight is 325 g/mol. The molecule has 4 rings (SSSR count). The molecule has 0 spiro atoms. The molecule has 2 heterocycles. The maximum atomic E-state index is 12.9. The standard InChI is InChI=1S/C19H23N3O2/c1-13-10-22(12-18(24-13)14-6-4-3-5-7-14)19(23)17-8-16(17)15-9-20-21(2)11-15/h3-7,9,11,13,16-18H,8,10,12H2,1-2H3/t13-,16+,17-,18+/m1/s1. The van der Waals surface area contributed by atoms with Crippen LogP contribution < -0.4 is 0 Å². The van der Waals surface area contributed by atoms with E-state index in [-0.39, 0.29) is 24.0 Å². The van der Waals surface area contributed by atoms with Gasteiger partial charge in [-0.1, -0.05) is 30.3 Å². The van der Waals surface area contributed by atoms with E-state index in [2.05, 4.69) is 17.2 Å². The quantitative estimate of drug-likeness (QED) is 0.871. The van der Waals surface area contributed by atoms with Gasteiger partial charge in [-0.15, -0.1) is 0 Å². The molecule has 1 amide bonds. The van der Waals surface area contributed by atoms with Crippen molar-refractivity contribution >= 4 is 5.91 Å². The molecule has 24 heavy (non-hydrogen) atoms. The van der Waals surface area contributed by atoms with Crippen LogP contribution in [0.25, 0.3) is 0 Å². The molecule has 0 bridgehead atoms. The summed E-state index contributed by atoms with van der Waals surface area (Å²) in [5.41, 5.74) is 2.32. The second kappa shape index (κ2) is 6.06. The lowest BCUT2D eigenvalue weighted by Crippen LogP contribution is -2.46. The minimum atomic E-state index is -0.0329. The summed E-state index contributed by atoms with van der Waals surface area (Å²) in [5, 5.41) is 4.22. The number of hydrogen-bond acceptors (Lipinski definition) is 3. The molecule has 2 aromatic rings. The zero-order valence-electron chi connectivity index (χ0n) is 14.1. The third kappa shape index (κ3) is 2.96. The molecule has 0 N–H and O–H groups in total. The van der Waals surface area contributed by atoms with Crippen LogP contribution in [0.4, 0.5) is 0 Å². The van der Waals surface area contributed by atoms with Crippen LogP contribution in [-0.4, -0.2) is 39.8 Å². The number of carbonyl (C=O) groups excluding carboxylic acids is 1. The molecule has 5 nitrogen and oxygen atoms in total. The summed E-state index contributed by atoms with van der Waals surface area (Å²) in [6.07, 6.45) is 4.86. The third-order valence-electron chi connectivity index (χ3n) is 5.00. The molecule has 1 saturated carbocycles. The van der Waals surface area contributed by atoms with Crippen molar-refractivity contribution in [2.75, 3.05) is 13.1 Å². The number of carbonyl (C=O) groups is 1. The molecule has 5 heteroatoms. The number of ether oxygens (including phenoxy) is 1. The SMILES string of the molecule is C[C@@H]1CN(C(=O)[C@@H]2C[C@H]2c2cnn(C)c2)C[C@@H](c2ccccc2)O1. The molecule has 1 aliphatic heterocycles. The summed E-state index contributed by atoms with van der Waals surface area (Å²) in [6, 6.07) is 10.2. The minimum absolute atomic E-state index is 0.0329. The highest BCUT2D eigenvalue weighted by atomic mass is 16.5. The summed E-state index contributed by atoms with van der Waals surface area (Å²) in [4.78, 5) is 14.9. The maximum Gasteiger partial charge on any atom is 0.226 e. The van der Waals surface area contributed by atoms with Gasteiger partial charge in [-0.3, -0.25) is 9.48 Å². The second-order valence-corrected chi connectivity index (χ2v) is 6.99. The van der Waals surface area contributed by atoms with Crippen molar-refractivity contribution in [1.29, 1.82) is 0 Å². The number of benzene rings is 1. The number of aromatic nitrogens is 2. The Kier molecular flexibility index (Phi) is 3.88. The Morgan fingerprint density at radius 3 is 2.71 bits per heavy atom. The molecule has 2 fully saturated rings. The van der Waals surface area contributed by atoms with Crippen molar-refractivity contribution in [3.63, 3.8) is 0 Å². The Balaban J connectivity index is 1.45. The number of aryl methyl sites for hydroxylation is 1. The smallest absolute Gasteiger partial charge is 0.226 e. The summed E-state index contributed by atoms with van der Waals surface area (Å²) < 4.78 is 7.86. The Labute approximate surface area is 142 Å². The predicted molar refractivity (Wildman–Crippen MR) is 90.4 cm³/mol. The van der Waals surface area contributed by atoms with Crippen molar-refractivity contribution < 1.29 is 9.53 Å². The fourth-order valence-electron chi connectivity index (χ4n) is 3.69. The van der Waals surface area contributed by atoms with E-state index in [1.54, 1.807) is 4.68 Å². The Morgan fingerprint density at radius 1 is 1.21 bits per heavy atom. The zero-order valence-corrected chi connectivity index (χ0v) is 14.1. The van der Waals surface area contributed by atoms with Gasteiger partial charge in [-0.2, -0.15) is 5.10 Å². The minimum Gasteiger partial charge on any atom is -0.367 e. The first-order valence-corrected chi connectivity index (χ1v) is 8.59. The first kappa shape index (κ1) is 15.4. The molecular weight excluding hydrogens is 302 g/mol. The number of amides is 1. The largest absolute Gasteiger partial charge is 0.367 e. The van der Waals surface area contributed by atoms with Crippen LogP contribution in [0, 0.1) is 5.92 Å². The van der Waals surface area contributed by atoms with Crippen LogP contribution in [0.3, 0.4) is 0 Å². The van der Waals surface area contributed by atoms with E-state index in [9.17, 15) is 4.79 Å². The molecular formula is C19H23N3O2. The van der Waals surface area contributed by atoms with Crippen molar-refractivity contribution in [1.82, 2.24) is 14.7 Å². The highest BCUT2D eigenvalue weighted by Crippen LogP contribution is 2.48. The highest BCUT2D eigenvalue weighted by molar-refractivity contribution is 5.83. The first-order chi connectivity index (χ1) is 11.6. The number of nitrogens with zero attached hydrogens (tertiary/aromatic N) is 3. The van der Waals surface area contributed by atoms with Gasteiger partial charge in [0.25, 0.3) is 0 Å². The van der Waals surface area contributed by atoms with Gasteiger partial charge in [-0.25, -0.2) is 0 Å². The fourth-order valence-corrected chi connectivity index (χ4v) is 3.69. The summed E-state index contributed by atoms with van der Waals surface area (Å²) in [7, 11) is 1.91. The molecule has 1 aliphatic carbocycles. The van der Waals surface area contributed by atoms with E-state index in [0.717, 1.165) is 12.0 Å². The van der Waals surface area contributed by atoms with E-state index in [0.29, 0.717) is 19.0 Å². The van der Waals surface area contributed by atoms with Gasteiger partial charge in [0, 0.05) is 25.7 Å². The Morgan fingerprint density at radius 2 is 2.00 bits per heavy atom. The normalized spacial score (nSPS) is 29.5. The van der Waals surface area contributed by atoms with Gasteiger partial charge in [0.05, 0.1) is 18.8 Å². The van der Waals surface area contributed by atoms with Gasteiger partial charge < -0.3 is 9.64 Å². The van der Waals surface area contributed by atoms with E-state index < -0.39 is 0 Å². The number of rotatable bonds is 3. The number of morpholine rings is 1. The molecule has 4 atom stereocenters. The van der Waals surface area contributed by atoms with Crippen LogP contribution >= 0.6 is 0 Å². The van der Waals surface area contributed by atoms with E-state index in [4.69, 9.17) is 4.74 Å². The lowest BCUT2D eigenvalue weighted by molar-refractivity contribution is -0.146. The first-order valence-electron chi connectivity index (χ1n) is 8.59. The van der Waals surface area contributed by atoms with Gasteiger partial charge in [0.2, 0.25) is 5.91 Å². The topological polar surface area (TPSA) is 47.4 Å².